The number of rotatable bonds is 3. The van der Waals surface area contributed by atoms with Gasteiger partial charge in [0.25, 0.3) is 0 Å². The van der Waals surface area contributed by atoms with E-state index in [1.807, 2.05) is 0 Å². The molecule has 1 N–H and O–H groups in total. The zero-order valence-corrected chi connectivity index (χ0v) is 8.76. The third kappa shape index (κ3) is 2.33. The maximum atomic E-state index is 10.6. The van der Waals surface area contributed by atoms with Crippen LogP contribution in [0, 0.1) is 11.3 Å². The van der Waals surface area contributed by atoms with Crippen molar-refractivity contribution in [2.45, 2.75) is 33.6 Å². The number of hydrogen-bond donors (Lipinski definition) is 1. The minimum atomic E-state index is 0.127. The molecule has 1 aliphatic carbocycles. The maximum Gasteiger partial charge on any atom is 0.126 e. The highest BCUT2D eigenvalue weighted by Gasteiger charge is 2.28. The summed E-state index contributed by atoms with van der Waals surface area (Å²) in [5, 5.41) is 3.34. The zero-order chi connectivity index (χ0) is 9.90. The van der Waals surface area contributed by atoms with Crippen molar-refractivity contribution >= 4 is 6.29 Å². The Morgan fingerprint density at radius 3 is 2.92 bits per heavy atom. The predicted octanol–water partition coefficient (Wildman–Crippen LogP) is 2.11. The molecule has 2 nitrogen and oxygen atoms in total. The quantitative estimate of drug-likeness (QED) is 0.676. The minimum absolute atomic E-state index is 0.127. The smallest absolute Gasteiger partial charge is 0.126 e. The van der Waals surface area contributed by atoms with Crippen LogP contribution in [0.5, 0.6) is 0 Å². The van der Waals surface area contributed by atoms with Crippen LogP contribution in [0.3, 0.4) is 0 Å². The summed E-state index contributed by atoms with van der Waals surface area (Å²) in [5.74, 6) is 0.127. The van der Waals surface area contributed by atoms with Gasteiger partial charge < -0.3 is 10.1 Å². The molecular weight excluding hydrogens is 162 g/mol. The van der Waals surface area contributed by atoms with Gasteiger partial charge in [-0.05, 0) is 19.8 Å². The molecule has 0 bridgehead atoms. The zero-order valence-electron chi connectivity index (χ0n) is 8.76. The van der Waals surface area contributed by atoms with Crippen LogP contribution >= 0.6 is 0 Å². The van der Waals surface area contributed by atoms with Crippen LogP contribution in [0.15, 0.2) is 11.8 Å². The number of aldehydes is 1. The van der Waals surface area contributed by atoms with Gasteiger partial charge in [0.2, 0.25) is 0 Å². The van der Waals surface area contributed by atoms with Crippen molar-refractivity contribution in [1.29, 1.82) is 0 Å². The van der Waals surface area contributed by atoms with E-state index in [0.29, 0.717) is 0 Å². The second-order valence-electron chi connectivity index (χ2n) is 4.33. The number of carbonyl (C=O) groups is 1. The maximum absolute atomic E-state index is 10.6. The third-order valence-corrected chi connectivity index (χ3v) is 2.75. The van der Waals surface area contributed by atoms with Crippen LogP contribution in [0.25, 0.3) is 0 Å². The molecule has 0 heterocycles. The van der Waals surface area contributed by atoms with Crippen molar-refractivity contribution in [2.24, 2.45) is 11.3 Å². The first-order chi connectivity index (χ1) is 6.10. The van der Waals surface area contributed by atoms with Gasteiger partial charge in [-0.1, -0.05) is 19.9 Å². The van der Waals surface area contributed by atoms with Crippen LogP contribution in [-0.4, -0.2) is 12.8 Å². The van der Waals surface area contributed by atoms with Crippen molar-refractivity contribution in [1.82, 2.24) is 5.32 Å². The summed E-state index contributed by atoms with van der Waals surface area (Å²) in [6.45, 7) is 7.47. The molecule has 0 saturated carbocycles. The van der Waals surface area contributed by atoms with Crippen LogP contribution < -0.4 is 5.32 Å². The van der Waals surface area contributed by atoms with Crippen molar-refractivity contribution in [3.8, 4) is 0 Å². The van der Waals surface area contributed by atoms with Crippen LogP contribution in [0.4, 0.5) is 0 Å². The van der Waals surface area contributed by atoms with Gasteiger partial charge >= 0.3 is 0 Å². The summed E-state index contributed by atoms with van der Waals surface area (Å²) in [7, 11) is 0. The van der Waals surface area contributed by atoms with Crippen LogP contribution in [0.2, 0.25) is 0 Å². The molecule has 0 fully saturated rings. The first kappa shape index (κ1) is 10.3. The van der Waals surface area contributed by atoms with Gasteiger partial charge in [0.15, 0.2) is 0 Å². The fourth-order valence-corrected chi connectivity index (χ4v) is 1.78. The molecule has 13 heavy (non-hydrogen) atoms. The van der Waals surface area contributed by atoms with E-state index in [9.17, 15) is 4.79 Å². The number of nitrogens with one attached hydrogen (secondary N) is 1. The summed E-state index contributed by atoms with van der Waals surface area (Å²) in [6.07, 6.45) is 5.22. The summed E-state index contributed by atoms with van der Waals surface area (Å²) >= 11 is 0. The molecule has 0 aromatic carbocycles. The van der Waals surface area contributed by atoms with Gasteiger partial charge in [-0.15, -0.1) is 0 Å². The fraction of sp³-hybridized carbons (Fsp3) is 0.727. The molecule has 74 valence electrons. The predicted molar refractivity (Wildman–Crippen MR) is 54.3 cm³/mol. The average Bonchev–Trinajstić information content (AvgIpc) is 2.09. The normalized spacial score (nSPS) is 26.4. The molecule has 1 unspecified atom stereocenters. The monoisotopic (exact) mass is 181 g/mol. The number of carbonyl (C=O) groups excluding carboxylic acids is 1. The van der Waals surface area contributed by atoms with Gasteiger partial charge in [-0.25, -0.2) is 0 Å². The van der Waals surface area contributed by atoms with Gasteiger partial charge in [0, 0.05) is 23.6 Å². The highest BCUT2D eigenvalue weighted by Crippen LogP contribution is 2.36. The molecule has 0 saturated heterocycles. The molecule has 1 atom stereocenters. The Morgan fingerprint density at radius 2 is 2.38 bits per heavy atom. The second-order valence-corrected chi connectivity index (χ2v) is 4.33. The Labute approximate surface area is 80.4 Å². The lowest BCUT2D eigenvalue weighted by Gasteiger charge is -2.34. The molecule has 1 aliphatic rings. The van der Waals surface area contributed by atoms with Crippen molar-refractivity contribution in [3.05, 3.63) is 11.8 Å². The van der Waals surface area contributed by atoms with E-state index >= 15 is 0 Å². The van der Waals surface area contributed by atoms with Gasteiger partial charge in [0.05, 0.1) is 0 Å². The van der Waals surface area contributed by atoms with E-state index in [1.54, 1.807) is 0 Å². The van der Waals surface area contributed by atoms with E-state index in [1.165, 1.54) is 5.70 Å². The lowest BCUT2D eigenvalue weighted by atomic mass is 9.76. The van der Waals surface area contributed by atoms with E-state index in [0.717, 1.165) is 25.7 Å². The molecule has 0 amide bonds. The Hall–Kier alpha value is -0.790. The number of allylic oxidation sites excluding steroid dienone is 2. The van der Waals surface area contributed by atoms with Gasteiger partial charge in [0.1, 0.15) is 6.29 Å². The largest absolute Gasteiger partial charge is 0.388 e. The van der Waals surface area contributed by atoms with Crippen LogP contribution in [0.1, 0.15) is 33.6 Å². The van der Waals surface area contributed by atoms with E-state index in [4.69, 9.17) is 0 Å². The highest BCUT2D eigenvalue weighted by atomic mass is 16.1. The summed E-state index contributed by atoms with van der Waals surface area (Å²) < 4.78 is 0. The molecule has 2 heteroatoms. The first-order valence-corrected chi connectivity index (χ1v) is 5.01. The van der Waals surface area contributed by atoms with Gasteiger partial charge in [-0.2, -0.15) is 0 Å². The Kier molecular flexibility index (Phi) is 3.12. The average molecular weight is 181 g/mol. The lowest BCUT2D eigenvalue weighted by Crippen LogP contribution is -2.31. The fourth-order valence-electron chi connectivity index (χ4n) is 1.78. The summed E-state index contributed by atoms with van der Waals surface area (Å²) in [6, 6.07) is 0. The van der Waals surface area contributed by atoms with Crippen molar-refractivity contribution < 1.29 is 4.79 Å². The Bertz CT molecular complexity index is 218. The van der Waals surface area contributed by atoms with E-state index in [2.05, 4.69) is 32.2 Å². The van der Waals surface area contributed by atoms with Crippen molar-refractivity contribution in [3.63, 3.8) is 0 Å². The first-order valence-electron chi connectivity index (χ1n) is 5.01. The molecule has 0 spiro atoms. The van der Waals surface area contributed by atoms with Crippen LogP contribution in [-0.2, 0) is 4.79 Å². The van der Waals surface area contributed by atoms with E-state index in [-0.39, 0.29) is 11.3 Å². The molecule has 0 radical (unpaired) electrons. The molecule has 1 rings (SSSR count). The Morgan fingerprint density at radius 1 is 1.69 bits per heavy atom. The SMILES string of the molecule is CCNC1=CC(C=O)CCC1(C)C. The molecular formula is C11H19NO. The summed E-state index contributed by atoms with van der Waals surface area (Å²) in [5.41, 5.74) is 1.45. The van der Waals surface area contributed by atoms with E-state index < -0.39 is 0 Å². The Balaban J connectivity index is 2.80. The summed E-state index contributed by atoms with van der Waals surface area (Å²) in [4.78, 5) is 10.6. The lowest BCUT2D eigenvalue weighted by molar-refractivity contribution is -0.110. The van der Waals surface area contributed by atoms with Crippen molar-refractivity contribution in [2.75, 3.05) is 6.54 Å². The molecule has 0 aliphatic heterocycles. The standard InChI is InChI=1S/C11H19NO/c1-4-12-10-7-9(8-13)5-6-11(10,2)3/h7-9,12H,4-6H2,1-3H3. The third-order valence-electron chi connectivity index (χ3n) is 2.75. The minimum Gasteiger partial charge on any atom is -0.388 e. The number of hydrogen-bond acceptors (Lipinski definition) is 2. The molecule has 0 aromatic heterocycles. The second kappa shape index (κ2) is 3.95. The van der Waals surface area contributed by atoms with Gasteiger partial charge in [-0.3, -0.25) is 0 Å². The topological polar surface area (TPSA) is 29.1 Å². The highest BCUT2D eigenvalue weighted by molar-refractivity contribution is 5.57. The molecule has 0 aromatic rings.